The molecular formula is C8H11NO2. The Kier molecular flexibility index (Phi) is 4.83. The second-order valence-electron chi connectivity index (χ2n) is 2.09. The van der Waals surface area contributed by atoms with Gasteiger partial charge < -0.3 is 4.74 Å². The van der Waals surface area contributed by atoms with Gasteiger partial charge in [0.15, 0.2) is 6.10 Å². The summed E-state index contributed by atoms with van der Waals surface area (Å²) in [5, 5.41) is 8.44. The van der Waals surface area contributed by atoms with Crippen molar-refractivity contribution in [3.8, 4) is 6.07 Å². The molecule has 0 unspecified atom stereocenters. The van der Waals surface area contributed by atoms with E-state index in [1.807, 2.05) is 6.07 Å². The standard InChI is InChI=1S/C8H11NO2/c1-3-4-5-8(6-9)11-7(2)10/h3,8H,1,4-5H2,2H3/t8-/m1/s1. The van der Waals surface area contributed by atoms with Gasteiger partial charge in [-0.05, 0) is 6.42 Å². The maximum absolute atomic E-state index is 10.4. The first-order valence-corrected chi connectivity index (χ1v) is 3.38. The van der Waals surface area contributed by atoms with Crippen molar-refractivity contribution in [3.05, 3.63) is 12.7 Å². The summed E-state index contributed by atoms with van der Waals surface area (Å²) in [6.07, 6.45) is 2.28. The summed E-state index contributed by atoms with van der Waals surface area (Å²) in [5.41, 5.74) is 0. The van der Waals surface area contributed by atoms with Gasteiger partial charge in [0.2, 0.25) is 0 Å². The van der Waals surface area contributed by atoms with Gasteiger partial charge in [0.05, 0.1) is 0 Å². The lowest BCUT2D eigenvalue weighted by Gasteiger charge is -2.06. The average Bonchev–Trinajstić information content (AvgIpc) is 1.97. The van der Waals surface area contributed by atoms with Crippen LogP contribution in [0.4, 0.5) is 0 Å². The van der Waals surface area contributed by atoms with E-state index in [1.165, 1.54) is 6.92 Å². The molecule has 0 bridgehead atoms. The van der Waals surface area contributed by atoms with Crippen LogP contribution in [0.3, 0.4) is 0 Å². The fourth-order valence-electron chi connectivity index (χ4n) is 0.619. The molecule has 0 aliphatic heterocycles. The fraction of sp³-hybridized carbons (Fsp3) is 0.500. The largest absolute Gasteiger partial charge is 0.447 e. The highest BCUT2D eigenvalue weighted by Crippen LogP contribution is 2.01. The SMILES string of the molecule is C=CCC[C@H](C#N)OC(C)=O. The van der Waals surface area contributed by atoms with E-state index in [-0.39, 0.29) is 0 Å². The van der Waals surface area contributed by atoms with Crippen molar-refractivity contribution in [2.75, 3.05) is 0 Å². The summed E-state index contributed by atoms with van der Waals surface area (Å²) in [7, 11) is 0. The van der Waals surface area contributed by atoms with Crippen molar-refractivity contribution in [2.45, 2.75) is 25.9 Å². The molecule has 0 fully saturated rings. The first kappa shape index (κ1) is 9.70. The number of esters is 1. The summed E-state index contributed by atoms with van der Waals surface area (Å²) >= 11 is 0. The van der Waals surface area contributed by atoms with Crippen LogP contribution in [-0.2, 0) is 9.53 Å². The van der Waals surface area contributed by atoms with Crippen LogP contribution >= 0.6 is 0 Å². The van der Waals surface area contributed by atoms with E-state index in [1.54, 1.807) is 6.08 Å². The Morgan fingerprint density at radius 2 is 2.55 bits per heavy atom. The van der Waals surface area contributed by atoms with Crippen LogP contribution in [0.25, 0.3) is 0 Å². The van der Waals surface area contributed by atoms with Crippen molar-refractivity contribution in [1.29, 1.82) is 5.26 Å². The predicted molar refractivity (Wildman–Crippen MR) is 40.6 cm³/mol. The number of nitrogens with zero attached hydrogens (tertiary/aromatic N) is 1. The minimum Gasteiger partial charge on any atom is -0.447 e. The average molecular weight is 153 g/mol. The zero-order chi connectivity index (χ0) is 8.69. The molecule has 0 aliphatic rings. The fourth-order valence-corrected chi connectivity index (χ4v) is 0.619. The first-order valence-electron chi connectivity index (χ1n) is 3.38. The van der Waals surface area contributed by atoms with Crippen LogP contribution in [-0.4, -0.2) is 12.1 Å². The van der Waals surface area contributed by atoms with Crippen LogP contribution in [0.1, 0.15) is 19.8 Å². The quantitative estimate of drug-likeness (QED) is 0.453. The van der Waals surface area contributed by atoms with Crippen molar-refractivity contribution in [2.24, 2.45) is 0 Å². The van der Waals surface area contributed by atoms with Crippen molar-refractivity contribution < 1.29 is 9.53 Å². The Hall–Kier alpha value is -1.30. The van der Waals surface area contributed by atoms with Gasteiger partial charge >= 0.3 is 5.97 Å². The maximum Gasteiger partial charge on any atom is 0.303 e. The highest BCUT2D eigenvalue weighted by molar-refractivity contribution is 5.66. The predicted octanol–water partition coefficient (Wildman–Crippen LogP) is 1.41. The molecule has 0 aromatic rings. The Labute approximate surface area is 66.3 Å². The highest BCUT2D eigenvalue weighted by atomic mass is 16.5. The second-order valence-corrected chi connectivity index (χ2v) is 2.09. The van der Waals surface area contributed by atoms with E-state index in [9.17, 15) is 4.79 Å². The zero-order valence-electron chi connectivity index (χ0n) is 6.54. The van der Waals surface area contributed by atoms with E-state index < -0.39 is 12.1 Å². The Morgan fingerprint density at radius 3 is 2.91 bits per heavy atom. The molecule has 3 nitrogen and oxygen atoms in total. The van der Waals surface area contributed by atoms with Gasteiger partial charge in [0.1, 0.15) is 6.07 Å². The van der Waals surface area contributed by atoms with Crippen molar-refractivity contribution >= 4 is 5.97 Å². The lowest BCUT2D eigenvalue weighted by atomic mass is 10.2. The minimum absolute atomic E-state index is 0.416. The van der Waals surface area contributed by atoms with Crippen LogP contribution in [0.5, 0.6) is 0 Å². The van der Waals surface area contributed by atoms with Crippen molar-refractivity contribution in [1.82, 2.24) is 0 Å². The third-order valence-electron chi connectivity index (χ3n) is 1.09. The number of nitriles is 1. The molecule has 0 spiro atoms. The van der Waals surface area contributed by atoms with Crippen molar-refractivity contribution in [3.63, 3.8) is 0 Å². The molecule has 0 aromatic carbocycles. The second kappa shape index (κ2) is 5.48. The molecule has 0 aromatic heterocycles. The highest BCUT2D eigenvalue weighted by Gasteiger charge is 2.07. The number of carbonyl (C=O) groups excluding carboxylic acids is 1. The zero-order valence-corrected chi connectivity index (χ0v) is 6.54. The lowest BCUT2D eigenvalue weighted by molar-refractivity contribution is -0.144. The van der Waals surface area contributed by atoms with E-state index in [4.69, 9.17) is 5.26 Å². The number of hydrogen-bond acceptors (Lipinski definition) is 3. The Balaban J connectivity index is 3.69. The van der Waals surface area contributed by atoms with E-state index in [0.29, 0.717) is 12.8 Å². The molecule has 1 atom stereocenters. The van der Waals surface area contributed by atoms with Gasteiger partial charge in [-0.25, -0.2) is 0 Å². The molecule has 0 heterocycles. The number of rotatable bonds is 4. The molecule has 0 saturated heterocycles. The molecule has 0 rings (SSSR count). The third kappa shape index (κ3) is 5.16. The van der Waals surface area contributed by atoms with Crippen LogP contribution in [0, 0.1) is 11.3 Å². The van der Waals surface area contributed by atoms with Gasteiger partial charge in [-0.1, -0.05) is 6.08 Å². The normalized spacial score (nSPS) is 11.3. The van der Waals surface area contributed by atoms with Gasteiger partial charge in [-0.3, -0.25) is 4.79 Å². The minimum atomic E-state index is -0.620. The van der Waals surface area contributed by atoms with Crippen LogP contribution in [0.15, 0.2) is 12.7 Å². The van der Waals surface area contributed by atoms with Gasteiger partial charge in [-0.15, -0.1) is 6.58 Å². The molecular weight excluding hydrogens is 142 g/mol. The Morgan fingerprint density at radius 1 is 1.91 bits per heavy atom. The first-order chi connectivity index (χ1) is 5.20. The van der Waals surface area contributed by atoms with Gasteiger partial charge in [0.25, 0.3) is 0 Å². The summed E-state index contributed by atoms with van der Waals surface area (Å²) in [5.74, 6) is -0.416. The number of carbonyl (C=O) groups is 1. The van der Waals surface area contributed by atoms with Crippen LogP contribution < -0.4 is 0 Å². The Bertz CT molecular complexity index is 181. The molecule has 60 valence electrons. The molecule has 0 radical (unpaired) electrons. The number of allylic oxidation sites excluding steroid dienone is 1. The monoisotopic (exact) mass is 153 g/mol. The summed E-state index contributed by atoms with van der Waals surface area (Å²) in [6, 6.07) is 1.88. The van der Waals surface area contributed by atoms with Gasteiger partial charge in [0, 0.05) is 13.3 Å². The van der Waals surface area contributed by atoms with E-state index in [2.05, 4.69) is 11.3 Å². The summed E-state index contributed by atoms with van der Waals surface area (Å²) < 4.78 is 4.65. The number of hydrogen-bond donors (Lipinski definition) is 0. The molecule has 0 amide bonds. The topological polar surface area (TPSA) is 50.1 Å². The lowest BCUT2D eigenvalue weighted by Crippen LogP contribution is -2.13. The molecule has 3 heteroatoms. The molecule has 0 saturated carbocycles. The smallest absolute Gasteiger partial charge is 0.303 e. The van der Waals surface area contributed by atoms with E-state index in [0.717, 1.165) is 0 Å². The van der Waals surface area contributed by atoms with Crippen LogP contribution in [0.2, 0.25) is 0 Å². The molecule has 11 heavy (non-hydrogen) atoms. The summed E-state index contributed by atoms with van der Waals surface area (Å²) in [6.45, 7) is 4.79. The maximum atomic E-state index is 10.4. The third-order valence-corrected chi connectivity index (χ3v) is 1.09. The molecule has 0 aliphatic carbocycles. The molecule has 0 N–H and O–H groups in total. The van der Waals surface area contributed by atoms with E-state index >= 15 is 0 Å². The summed E-state index contributed by atoms with van der Waals surface area (Å²) in [4.78, 5) is 10.4. The number of ether oxygens (including phenoxy) is 1. The van der Waals surface area contributed by atoms with Gasteiger partial charge in [-0.2, -0.15) is 5.26 Å².